The highest BCUT2D eigenvalue weighted by atomic mass is 16.3. The van der Waals surface area contributed by atoms with Crippen molar-refractivity contribution >= 4 is 5.91 Å². The quantitative estimate of drug-likeness (QED) is 0.713. The lowest BCUT2D eigenvalue weighted by molar-refractivity contribution is -0.119. The van der Waals surface area contributed by atoms with Gasteiger partial charge in [-0.1, -0.05) is 0 Å². The van der Waals surface area contributed by atoms with Crippen molar-refractivity contribution in [3.05, 3.63) is 24.0 Å². The second-order valence-corrected chi connectivity index (χ2v) is 2.83. The monoisotopic (exact) mass is 180 g/mol. The molecule has 1 rings (SSSR count). The number of amides is 1. The van der Waals surface area contributed by atoms with Gasteiger partial charge in [-0.2, -0.15) is 0 Å². The number of hydrogen-bond acceptors (Lipinski definition) is 3. The van der Waals surface area contributed by atoms with Crippen LogP contribution in [0.25, 0.3) is 0 Å². The van der Waals surface area contributed by atoms with Gasteiger partial charge in [-0.25, -0.2) is 0 Å². The standard InChI is InChI=1S/C9H12N2O2/c1-6(11-7(2)12)9-8(13)4-3-5-10-9/h3-6,13H,1-2H3,(H,11,12). The lowest BCUT2D eigenvalue weighted by atomic mass is 10.2. The molecule has 0 saturated heterocycles. The summed E-state index contributed by atoms with van der Waals surface area (Å²) < 4.78 is 0. The molecule has 4 heteroatoms. The SMILES string of the molecule is CC(=O)NC(C)c1ncccc1O. The van der Waals surface area contributed by atoms with E-state index in [0.29, 0.717) is 5.69 Å². The number of aromatic hydroxyl groups is 1. The second-order valence-electron chi connectivity index (χ2n) is 2.83. The Hall–Kier alpha value is -1.58. The highest BCUT2D eigenvalue weighted by molar-refractivity contribution is 5.73. The van der Waals surface area contributed by atoms with Crippen LogP contribution in [0.2, 0.25) is 0 Å². The molecule has 1 amide bonds. The summed E-state index contributed by atoms with van der Waals surface area (Å²) in [7, 11) is 0. The zero-order chi connectivity index (χ0) is 9.84. The third-order valence-corrected chi connectivity index (χ3v) is 1.65. The minimum atomic E-state index is -0.265. The molecular weight excluding hydrogens is 168 g/mol. The van der Waals surface area contributed by atoms with Gasteiger partial charge < -0.3 is 10.4 Å². The first kappa shape index (κ1) is 9.51. The average Bonchev–Trinajstić information content (AvgIpc) is 2.03. The lowest BCUT2D eigenvalue weighted by Gasteiger charge is -2.12. The predicted octanol–water partition coefficient (Wildman–Crippen LogP) is 0.984. The molecular formula is C9H12N2O2. The van der Waals surface area contributed by atoms with Gasteiger partial charge in [-0.05, 0) is 19.1 Å². The van der Waals surface area contributed by atoms with E-state index in [1.165, 1.54) is 6.92 Å². The molecule has 1 aromatic rings. The van der Waals surface area contributed by atoms with Gasteiger partial charge in [0.15, 0.2) is 0 Å². The van der Waals surface area contributed by atoms with E-state index in [1.807, 2.05) is 0 Å². The summed E-state index contributed by atoms with van der Waals surface area (Å²) in [5.41, 5.74) is 0.484. The number of pyridine rings is 1. The molecule has 1 atom stereocenters. The van der Waals surface area contributed by atoms with Crippen molar-refractivity contribution in [2.75, 3.05) is 0 Å². The van der Waals surface area contributed by atoms with Gasteiger partial charge in [0.1, 0.15) is 11.4 Å². The van der Waals surface area contributed by atoms with Crippen molar-refractivity contribution in [2.24, 2.45) is 0 Å². The van der Waals surface area contributed by atoms with Crippen LogP contribution in [0.4, 0.5) is 0 Å². The number of rotatable bonds is 2. The Bertz CT molecular complexity index is 312. The molecule has 0 aromatic carbocycles. The number of aromatic nitrogens is 1. The third-order valence-electron chi connectivity index (χ3n) is 1.65. The van der Waals surface area contributed by atoms with Crippen molar-refractivity contribution in [3.63, 3.8) is 0 Å². The van der Waals surface area contributed by atoms with E-state index in [4.69, 9.17) is 0 Å². The average molecular weight is 180 g/mol. The number of hydrogen-bond donors (Lipinski definition) is 2. The maximum atomic E-state index is 10.7. The van der Waals surface area contributed by atoms with Crippen LogP contribution < -0.4 is 5.32 Å². The van der Waals surface area contributed by atoms with Gasteiger partial charge >= 0.3 is 0 Å². The molecule has 70 valence electrons. The molecule has 1 aromatic heterocycles. The number of carbonyl (C=O) groups excluding carboxylic acids is 1. The van der Waals surface area contributed by atoms with Crippen molar-refractivity contribution < 1.29 is 9.90 Å². The molecule has 0 fully saturated rings. The van der Waals surface area contributed by atoms with Crippen LogP contribution in [0.15, 0.2) is 18.3 Å². The first-order valence-corrected chi connectivity index (χ1v) is 4.02. The molecule has 1 heterocycles. The molecule has 4 nitrogen and oxygen atoms in total. The minimum Gasteiger partial charge on any atom is -0.506 e. The van der Waals surface area contributed by atoms with E-state index in [2.05, 4.69) is 10.3 Å². The minimum absolute atomic E-state index is 0.101. The van der Waals surface area contributed by atoms with Crippen LogP contribution in [0, 0.1) is 0 Å². The zero-order valence-electron chi connectivity index (χ0n) is 7.61. The highest BCUT2D eigenvalue weighted by Crippen LogP contribution is 2.19. The van der Waals surface area contributed by atoms with Gasteiger partial charge in [0, 0.05) is 13.1 Å². The fourth-order valence-corrected chi connectivity index (χ4v) is 1.12. The summed E-state index contributed by atoms with van der Waals surface area (Å²) in [6, 6.07) is 2.92. The lowest BCUT2D eigenvalue weighted by Crippen LogP contribution is -2.24. The van der Waals surface area contributed by atoms with Crippen LogP contribution in [0.5, 0.6) is 5.75 Å². The fourth-order valence-electron chi connectivity index (χ4n) is 1.12. The number of nitrogens with one attached hydrogen (secondary N) is 1. The topological polar surface area (TPSA) is 62.2 Å². The highest BCUT2D eigenvalue weighted by Gasteiger charge is 2.11. The molecule has 0 aliphatic carbocycles. The zero-order valence-corrected chi connectivity index (χ0v) is 7.61. The summed E-state index contributed by atoms with van der Waals surface area (Å²) in [4.78, 5) is 14.7. The van der Waals surface area contributed by atoms with Crippen LogP contribution in [-0.2, 0) is 4.79 Å². The predicted molar refractivity (Wildman–Crippen MR) is 48.1 cm³/mol. The van der Waals surface area contributed by atoms with Crippen molar-refractivity contribution in [1.29, 1.82) is 0 Å². The van der Waals surface area contributed by atoms with Crippen LogP contribution >= 0.6 is 0 Å². The molecule has 0 bridgehead atoms. The third kappa shape index (κ3) is 2.43. The Morgan fingerprint density at radius 2 is 2.38 bits per heavy atom. The van der Waals surface area contributed by atoms with Gasteiger partial charge in [0.2, 0.25) is 5.91 Å². The number of nitrogens with zero attached hydrogens (tertiary/aromatic N) is 1. The van der Waals surface area contributed by atoms with E-state index in [9.17, 15) is 9.90 Å². The first-order valence-electron chi connectivity index (χ1n) is 4.02. The van der Waals surface area contributed by atoms with Crippen LogP contribution in [0.1, 0.15) is 25.6 Å². The molecule has 13 heavy (non-hydrogen) atoms. The summed E-state index contributed by atoms with van der Waals surface area (Å²) in [5, 5.41) is 12.0. The molecule has 0 aliphatic rings. The van der Waals surface area contributed by atoms with Gasteiger partial charge in [0.25, 0.3) is 0 Å². The Morgan fingerprint density at radius 3 is 2.92 bits per heavy atom. The normalized spacial score (nSPS) is 12.2. The summed E-state index contributed by atoms with van der Waals surface area (Å²) in [6.07, 6.45) is 1.58. The number of carbonyl (C=O) groups is 1. The van der Waals surface area contributed by atoms with Gasteiger partial charge in [0.05, 0.1) is 6.04 Å². The molecule has 0 saturated carbocycles. The Balaban J connectivity index is 2.82. The largest absolute Gasteiger partial charge is 0.506 e. The molecule has 1 unspecified atom stereocenters. The van der Waals surface area contributed by atoms with Crippen LogP contribution in [-0.4, -0.2) is 16.0 Å². The van der Waals surface area contributed by atoms with E-state index in [0.717, 1.165) is 0 Å². The first-order chi connectivity index (χ1) is 6.11. The van der Waals surface area contributed by atoms with Gasteiger partial charge in [-0.15, -0.1) is 0 Å². The molecule has 0 aliphatic heterocycles. The molecule has 0 spiro atoms. The fraction of sp³-hybridized carbons (Fsp3) is 0.333. The summed E-state index contributed by atoms with van der Waals surface area (Å²) in [5.74, 6) is -0.0405. The van der Waals surface area contributed by atoms with E-state index in [1.54, 1.807) is 25.3 Å². The van der Waals surface area contributed by atoms with Crippen molar-refractivity contribution in [3.8, 4) is 5.75 Å². The van der Waals surface area contributed by atoms with Crippen LogP contribution in [0.3, 0.4) is 0 Å². The second kappa shape index (κ2) is 3.89. The Kier molecular flexibility index (Phi) is 2.84. The maximum absolute atomic E-state index is 10.7. The smallest absolute Gasteiger partial charge is 0.217 e. The summed E-state index contributed by atoms with van der Waals surface area (Å²) in [6.45, 7) is 3.19. The Morgan fingerprint density at radius 1 is 1.69 bits per heavy atom. The van der Waals surface area contributed by atoms with E-state index < -0.39 is 0 Å². The van der Waals surface area contributed by atoms with E-state index in [-0.39, 0.29) is 17.7 Å². The van der Waals surface area contributed by atoms with Crippen molar-refractivity contribution in [1.82, 2.24) is 10.3 Å². The van der Waals surface area contributed by atoms with Gasteiger partial charge in [-0.3, -0.25) is 9.78 Å². The maximum Gasteiger partial charge on any atom is 0.217 e. The van der Waals surface area contributed by atoms with Crippen molar-refractivity contribution in [2.45, 2.75) is 19.9 Å². The van der Waals surface area contributed by atoms with E-state index >= 15 is 0 Å². The molecule has 0 radical (unpaired) electrons. The summed E-state index contributed by atoms with van der Waals surface area (Å²) >= 11 is 0. The Labute approximate surface area is 76.6 Å². The molecule has 2 N–H and O–H groups in total.